The number of hydrogen-bond acceptors (Lipinski definition) is 4. The first-order valence-corrected chi connectivity index (χ1v) is 9.26. The maximum atomic E-state index is 12.6. The van der Waals surface area contributed by atoms with Gasteiger partial charge in [-0.15, -0.1) is 0 Å². The SMILES string of the molecule is CCc1c(C)nc2c(-c3cnn(-c4cc(C5CC5)ccn4)c3)c[nH]n2c1=O. The van der Waals surface area contributed by atoms with Gasteiger partial charge in [-0.1, -0.05) is 6.92 Å². The normalized spacial score (nSPS) is 14.1. The fourth-order valence-corrected chi connectivity index (χ4v) is 3.59. The number of aromatic nitrogens is 6. The van der Waals surface area contributed by atoms with E-state index in [0.717, 1.165) is 28.2 Å². The van der Waals surface area contributed by atoms with E-state index in [1.807, 2.05) is 26.2 Å². The van der Waals surface area contributed by atoms with Gasteiger partial charge >= 0.3 is 0 Å². The highest BCUT2D eigenvalue weighted by atomic mass is 16.1. The molecule has 1 N–H and O–H groups in total. The lowest BCUT2D eigenvalue weighted by Crippen LogP contribution is -2.21. The van der Waals surface area contributed by atoms with Gasteiger partial charge in [-0.3, -0.25) is 9.89 Å². The molecule has 0 aromatic carbocycles. The summed E-state index contributed by atoms with van der Waals surface area (Å²) in [4.78, 5) is 21.7. The number of H-pyrrole nitrogens is 1. The van der Waals surface area contributed by atoms with Gasteiger partial charge in [0, 0.05) is 41.0 Å². The number of rotatable bonds is 4. The maximum Gasteiger partial charge on any atom is 0.276 e. The average molecular weight is 360 g/mol. The minimum Gasteiger partial charge on any atom is -0.296 e. The highest BCUT2D eigenvalue weighted by Crippen LogP contribution is 2.40. The number of fused-ring (bicyclic) bond motifs is 1. The van der Waals surface area contributed by atoms with Crippen LogP contribution in [0.25, 0.3) is 22.6 Å². The third kappa shape index (κ3) is 2.58. The molecule has 0 bridgehead atoms. The molecule has 0 atom stereocenters. The standard InChI is InChI=1S/C20H20N6O/c1-3-16-12(2)24-19-17(10-23-26(19)20(16)27)15-9-22-25(11-15)18-8-14(6-7-21-18)13-4-5-13/h6-11,13,23H,3-5H2,1-2H3. The van der Waals surface area contributed by atoms with Gasteiger partial charge in [0.05, 0.1) is 6.20 Å². The molecule has 136 valence electrons. The van der Waals surface area contributed by atoms with E-state index in [4.69, 9.17) is 0 Å². The molecule has 1 aliphatic carbocycles. The lowest BCUT2D eigenvalue weighted by molar-refractivity contribution is 0.842. The van der Waals surface area contributed by atoms with E-state index < -0.39 is 0 Å². The summed E-state index contributed by atoms with van der Waals surface area (Å²) in [7, 11) is 0. The van der Waals surface area contributed by atoms with Crippen LogP contribution in [-0.2, 0) is 6.42 Å². The van der Waals surface area contributed by atoms with Crippen LogP contribution < -0.4 is 5.56 Å². The number of pyridine rings is 1. The lowest BCUT2D eigenvalue weighted by Gasteiger charge is -2.03. The van der Waals surface area contributed by atoms with E-state index in [2.05, 4.69) is 32.3 Å². The van der Waals surface area contributed by atoms with Crippen molar-refractivity contribution in [2.75, 3.05) is 0 Å². The van der Waals surface area contributed by atoms with Crippen molar-refractivity contribution in [2.24, 2.45) is 0 Å². The number of aryl methyl sites for hydroxylation is 1. The van der Waals surface area contributed by atoms with Crippen LogP contribution >= 0.6 is 0 Å². The van der Waals surface area contributed by atoms with Gasteiger partial charge in [-0.05, 0) is 49.8 Å². The first-order valence-electron chi connectivity index (χ1n) is 9.26. The minimum atomic E-state index is -0.0440. The van der Waals surface area contributed by atoms with Crippen molar-refractivity contribution in [2.45, 2.75) is 39.0 Å². The summed E-state index contributed by atoms with van der Waals surface area (Å²) < 4.78 is 3.28. The fourth-order valence-electron chi connectivity index (χ4n) is 3.59. The van der Waals surface area contributed by atoms with Crippen molar-refractivity contribution in [3.05, 3.63) is 64.1 Å². The molecule has 4 aromatic rings. The number of nitrogens with one attached hydrogen (secondary N) is 1. The Morgan fingerprint density at radius 3 is 2.96 bits per heavy atom. The zero-order valence-electron chi connectivity index (χ0n) is 15.3. The molecule has 4 aromatic heterocycles. The zero-order valence-corrected chi connectivity index (χ0v) is 15.3. The molecule has 5 rings (SSSR count). The molecule has 7 nitrogen and oxygen atoms in total. The summed E-state index contributed by atoms with van der Waals surface area (Å²) in [5.41, 5.74) is 5.14. The van der Waals surface area contributed by atoms with Crippen molar-refractivity contribution < 1.29 is 0 Å². The lowest BCUT2D eigenvalue weighted by atomic mass is 10.1. The molecule has 1 fully saturated rings. The molecule has 7 heteroatoms. The summed E-state index contributed by atoms with van der Waals surface area (Å²) in [5.74, 6) is 1.47. The molecule has 0 amide bonds. The molecule has 0 spiro atoms. The van der Waals surface area contributed by atoms with Gasteiger partial charge in [-0.25, -0.2) is 19.2 Å². The Morgan fingerprint density at radius 2 is 2.19 bits per heavy atom. The molecule has 0 unspecified atom stereocenters. The number of aromatic amines is 1. The molecule has 27 heavy (non-hydrogen) atoms. The van der Waals surface area contributed by atoms with Gasteiger partial charge in [0.2, 0.25) is 0 Å². The number of hydrogen-bond donors (Lipinski definition) is 1. The molecule has 1 aliphatic rings. The van der Waals surface area contributed by atoms with E-state index in [9.17, 15) is 4.79 Å². The first kappa shape index (κ1) is 16.0. The Bertz CT molecular complexity index is 1210. The highest BCUT2D eigenvalue weighted by molar-refractivity contribution is 5.76. The summed E-state index contributed by atoms with van der Waals surface area (Å²) >= 11 is 0. The second-order valence-corrected chi connectivity index (χ2v) is 7.08. The molecule has 1 saturated carbocycles. The molecular formula is C20H20N6O. The first-order chi connectivity index (χ1) is 13.2. The van der Waals surface area contributed by atoms with Crippen molar-refractivity contribution in [3.63, 3.8) is 0 Å². The molecule has 0 saturated heterocycles. The van der Waals surface area contributed by atoms with Crippen LogP contribution in [0.2, 0.25) is 0 Å². The van der Waals surface area contributed by atoms with Gasteiger partial charge < -0.3 is 0 Å². The molecular weight excluding hydrogens is 340 g/mol. The fraction of sp³-hybridized carbons (Fsp3) is 0.300. The Kier molecular flexibility index (Phi) is 3.50. The van der Waals surface area contributed by atoms with Crippen LogP contribution in [0.3, 0.4) is 0 Å². The van der Waals surface area contributed by atoms with Crippen LogP contribution in [0.4, 0.5) is 0 Å². The van der Waals surface area contributed by atoms with Crippen LogP contribution in [0.1, 0.15) is 42.5 Å². The van der Waals surface area contributed by atoms with E-state index in [0.29, 0.717) is 18.0 Å². The van der Waals surface area contributed by atoms with Crippen molar-refractivity contribution >= 4 is 5.65 Å². The van der Waals surface area contributed by atoms with E-state index in [1.54, 1.807) is 17.1 Å². The van der Waals surface area contributed by atoms with Crippen LogP contribution in [0.5, 0.6) is 0 Å². The monoisotopic (exact) mass is 360 g/mol. The summed E-state index contributed by atoms with van der Waals surface area (Å²) in [6, 6.07) is 4.18. The highest BCUT2D eigenvalue weighted by Gasteiger charge is 2.24. The third-order valence-corrected chi connectivity index (χ3v) is 5.26. The minimum absolute atomic E-state index is 0.0440. The predicted molar refractivity (Wildman–Crippen MR) is 102 cm³/mol. The summed E-state index contributed by atoms with van der Waals surface area (Å²) in [6.45, 7) is 3.85. The van der Waals surface area contributed by atoms with E-state index >= 15 is 0 Å². The Balaban J connectivity index is 1.59. The summed E-state index contributed by atoms with van der Waals surface area (Å²) in [5, 5.41) is 7.50. The largest absolute Gasteiger partial charge is 0.296 e. The Labute approximate surface area is 155 Å². The van der Waals surface area contributed by atoms with Crippen molar-refractivity contribution in [3.8, 4) is 16.9 Å². The van der Waals surface area contributed by atoms with Gasteiger partial charge in [-0.2, -0.15) is 5.10 Å². The number of nitrogens with zero attached hydrogens (tertiary/aromatic N) is 5. The quantitative estimate of drug-likeness (QED) is 0.607. The molecule has 0 radical (unpaired) electrons. The van der Waals surface area contributed by atoms with Crippen LogP contribution in [0, 0.1) is 6.92 Å². The molecule has 0 aliphatic heterocycles. The van der Waals surface area contributed by atoms with Crippen molar-refractivity contribution in [1.29, 1.82) is 0 Å². The van der Waals surface area contributed by atoms with E-state index in [1.165, 1.54) is 22.9 Å². The third-order valence-electron chi connectivity index (χ3n) is 5.26. The molecule has 4 heterocycles. The van der Waals surface area contributed by atoms with Gasteiger partial charge in [0.15, 0.2) is 11.5 Å². The smallest absolute Gasteiger partial charge is 0.276 e. The Hall–Kier alpha value is -3.22. The average Bonchev–Trinajstić information content (AvgIpc) is 3.26. The topological polar surface area (TPSA) is 80.9 Å². The maximum absolute atomic E-state index is 12.6. The van der Waals surface area contributed by atoms with E-state index in [-0.39, 0.29) is 5.56 Å². The zero-order chi connectivity index (χ0) is 18.5. The van der Waals surface area contributed by atoms with Gasteiger partial charge in [0.1, 0.15) is 0 Å². The predicted octanol–water partition coefficient (Wildman–Crippen LogP) is 3.02. The van der Waals surface area contributed by atoms with Crippen LogP contribution in [-0.4, -0.2) is 29.4 Å². The second-order valence-electron chi connectivity index (χ2n) is 7.08. The van der Waals surface area contributed by atoms with Gasteiger partial charge in [0.25, 0.3) is 5.56 Å². The Morgan fingerprint density at radius 1 is 1.33 bits per heavy atom. The van der Waals surface area contributed by atoms with Crippen LogP contribution in [0.15, 0.2) is 41.7 Å². The van der Waals surface area contributed by atoms with Crippen molar-refractivity contribution in [1.82, 2.24) is 29.4 Å². The second kappa shape index (κ2) is 5.90. The summed E-state index contributed by atoms with van der Waals surface area (Å²) in [6.07, 6.45) is 10.5.